The number of amides is 1. The lowest BCUT2D eigenvalue weighted by Crippen LogP contribution is -2.38. The van der Waals surface area contributed by atoms with Crippen LogP contribution in [0.4, 0.5) is 0 Å². The van der Waals surface area contributed by atoms with Crippen LogP contribution in [0.25, 0.3) is 0 Å². The van der Waals surface area contributed by atoms with Gasteiger partial charge in [-0.1, -0.05) is 13.3 Å². The number of rotatable bonds is 9. The summed E-state index contributed by atoms with van der Waals surface area (Å²) in [6.45, 7) is 7.01. The molecule has 15 heavy (non-hydrogen) atoms. The molecule has 0 aromatic carbocycles. The molecule has 0 rings (SSSR count). The first kappa shape index (κ1) is 14.3. The summed E-state index contributed by atoms with van der Waals surface area (Å²) in [5, 5.41) is 0. The number of hydroxylamine groups is 1. The van der Waals surface area contributed by atoms with Gasteiger partial charge in [0.2, 0.25) is 6.29 Å². The molecule has 5 heteroatoms. The van der Waals surface area contributed by atoms with Crippen LogP contribution in [0.2, 0.25) is 0 Å². The van der Waals surface area contributed by atoms with Crippen molar-refractivity contribution in [3.63, 3.8) is 0 Å². The van der Waals surface area contributed by atoms with E-state index in [0.717, 1.165) is 12.8 Å². The highest BCUT2D eigenvalue weighted by Gasteiger charge is 2.18. The minimum Gasteiger partial charge on any atom is -0.345 e. The Kier molecular flexibility index (Phi) is 9.46. The van der Waals surface area contributed by atoms with Gasteiger partial charge in [0.25, 0.3) is 5.91 Å². The molecule has 0 heterocycles. The van der Waals surface area contributed by atoms with E-state index in [9.17, 15) is 4.79 Å². The monoisotopic (exact) mass is 219 g/mol. The molecule has 0 aromatic rings. The Morgan fingerprint density at radius 3 is 2.27 bits per heavy atom. The fraction of sp³-hybridized carbons (Fsp3) is 0.900. The van der Waals surface area contributed by atoms with Gasteiger partial charge in [-0.05, 0) is 20.3 Å². The molecule has 5 nitrogen and oxygen atoms in total. The Hall–Kier alpha value is -0.650. The van der Waals surface area contributed by atoms with E-state index in [2.05, 4.69) is 5.48 Å². The molecule has 0 aliphatic carbocycles. The molecule has 90 valence electrons. The van der Waals surface area contributed by atoms with Crippen molar-refractivity contribution in [3.8, 4) is 0 Å². The summed E-state index contributed by atoms with van der Waals surface area (Å²) < 4.78 is 10.2. The Morgan fingerprint density at radius 1 is 1.20 bits per heavy atom. The third-order valence-corrected chi connectivity index (χ3v) is 1.62. The van der Waals surface area contributed by atoms with Crippen molar-refractivity contribution < 1.29 is 19.1 Å². The average molecular weight is 219 g/mol. The number of ether oxygens (including phenoxy) is 2. The van der Waals surface area contributed by atoms with E-state index >= 15 is 0 Å². The summed E-state index contributed by atoms with van der Waals surface area (Å²) >= 11 is 0. The van der Waals surface area contributed by atoms with Gasteiger partial charge in [0, 0.05) is 13.2 Å². The van der Waals surface area contributed by atoms with Crippen LogP contribution in [0.15, 0.2) is 0 Å². The van der Waals surface area contributed by atoms with Crippen LogP contribution in [0.1, 0.15) is 33.6 Å². The van der Waals surface area contributed by atoms with Gasteiger partial charge in [-0.15, -0.1) is 0 Å². The van der Waals surface area contributed by atoms with E-state index in [-0.39, 0.29) is 0 Å². The summed E-state index contributed by atoms with van der Waals surface area (Å²) in [7, 11) is 0. The Balaban J connectivity index is 3.70. The molecule has 0 radical (unpaired) electrons. The number of carbonyl (C=O) groups is 1. The molecule has 1 N–H and O–H groups in total. The third-order valence-electron chi connectivity index (χ3n) is 1.62. The second-order valence-electron chi connectivity index (χ2n) is 2.91. The largest absolute Gasteiger partial charge is 0.345 e. The zero-order chi connectivity index (χ0) is 11.5. The van der Waals surface area contributed by atoms with Crippen molar-refractivity contribution in [2.75, 3.05) is 19.8 Å². The Morgan fingerprint density at radius 2 is 1.80 bits per heavy atom. The van der Waals surface area contributed by atoms with Crippen molar-refractivity contribution in [2.24, 2.45) is 0 Å². The quantitative estimate of drug-likeness (QED) is 0.360. The van der Waals surface area contributed by atoms with Crippen LogP contribution in [-0.2, 0) is 19.1 Å². The molecular formula is C10H21NO4. The lowest BCUT2D eigenvalue weighted by atomic mass is 10.4. The number of hydrogen-bond donors (Lipinski definition) is 1. The van der Waals surface area contributed by atoms with Crippen LogP contribution in [0.3, 0.4) is 0 Å². The van der Waals surface area contributed by atoms with Crippen molar-refractivity contribution in [3.05, 3.63) is 0 Å². The van der Waals surface area contributed by atoms with Gasteiger partial charge in [0.05, 0.1) is 6.61 Å². The molecule has 0 fully saturated rings. The lowest BCUT2D eigenvalue weighted by molar-refractivity contribution is -0.181. The summed E-state index contributed by atoms with van der Waals surface area (Å²) in [6.07, 6.45) is 1.06. The summed E-state index contributed by atoms with van der Waals surface area (Å²) in [6, 6.07) is 0. The molecule has 0 bridgehead atoms. The standard InChI is InChI=1S/C10H21NO4/c1-4-7-8-15-11-9(12)10(13-5-2)14-6-3/h10H,4-8H2,1-3H3,(H,11,12). The highest BCUT2D eigenvalue weighted by molar-refractivity contribution is 5.78. The van der Waals surface area contributed by atoms with Crippen LogP contribution in [0.5, 0.6) is 0 Å². The third kappa shape index (κ3) is 7.30. The highest BCUT2D eigenvalue weighted by Crippen LogP contribution is 1.95. The average Bonchev–Trinajstić information content (AvgIpc) is 2.24. The van der Waals surface area contributed by atoms with Gasteiger partial charge >= 0.3 is 0 Å². The second kappa shape index (κ2) is 9.89. The minimum absolute atomic E-state index is 0.394. The number of nitrogens with one attached hydrogen (secondary N) is 1. The number of carbonyl (C=O) groups excluding carboxylic acids is 1. The Bertz CT molecular complexity index is 158. The summed E-state index contributed by atoms with van der Waals surface area (Å²) in [4.78, 5) is 16.4. The fourth-order valence-corrected chi connectivity index (χ4v) is 0.889. The zero-order valence-corrected chi connectivity index (χ0v) is 9.75. The van der Waals surface area contributed by atoms with Gasteiger partial charge < -0.3 is 9.47 Å². The van der Waals surface area contributed by atoms with E-state index in [1.807, 2.05) is 6.92 Å². The second-order valence-corrected chi connectivity index (χ2v) is 2.91. The summed E-state index contributed by atoms with van der Waals surface area (Å²) in [5.74, 6) is -0.394. The predicted octanol–water partition coefficient (Wildman–Crippen LogP) is 1.23. The van der Waals surface area contributed by atoms with E-state index in [1.165, 1.54) is 0 Å². The molecule has 0 atom stereocenters. The minimum atomic E-state index is -0.873. The first-order valence-corrected chi connectivity index (χ1v) is 5.41. The van der Waals surface area contributed by atoms with Gasteiger partial charge in [-0.2, -0.15) is 0 Å². The van der Waals surface area contributed by atoms with E-state index in [0.29, 0.717) is 19.8 Å². The molecule has 0 unspecified atom stereocenters. The van der Waals surface area contributed by atoms with Crippen molar-refractivity contribution in [1.82, 2.24) is 5.48 Å². The van der Waals surface area contributed by atoms with Crippen LogP contribution in [-0.4, -0.2) is 32.0 Å². The highest BCUT2D eigenvalue weighted by atomic mass is 16.7. The van der Waals surface area contributed by atoms with E-state index < -0.39 is 12.2 Å². The lowest BCUT2D eigenvalue weighted by Gasteiger charge is -2.15. The first-order valence-electron chi connectivity index (χ1n) is 5.41. The van der Waals surface area contributed by atoms with Gasteiger partial charge in [-0.3, -0.25) is 9.63 Å². The van der Waals surface area contributed by atoms with Gasteiger partial charge in [0.15, 0.2) is 0 Å². The van der Waals surface area contributed by atoms with E-state index in [4.69, 9.17) is 14.3 Å². The zero-order valence-electron chi connectivity index (χ0n) is 9.75. The number of unbranched alkanes of at least 4 members (excludes halogenated alkanes) is 1. The SMILES string of the molecule is CCCCONC(=O)C(OCC)OCC. The van der Waals surface area contributed by atoms with Crippen molar-refractivity contribution in [1.29, 1.82) is 0 Å². The fourth-order valence-electron chi connectivity index (χ4n) is 0.889. The maximum atomic E-state index is 11.4. The topological polar surface area (TPSA) is 56.8 Å². The smallest absolute Gasteiger partial charge is 0.300 e. The predicted molar refractivity (Wildman–Crippen MR) is 56.0 cm³/mol. The molecule has 0 spiro atoms. The molecule has 1 amide bonds. The van der Waals surface area contributed by atoms with Gasteiger partial charge in [0.1, 0.15) is 0 Å². The van der Waals surface area contributed by atoms with E-state index in [1.54, 1.807) is 13.8 Å². The van der Waals surface area contributed by atoms with Crippen molar-refractivity contribution >= 4 is 5.91 Å². The van der Waals surface area contributed by atoms with Crippen molar-refractivity contribution in [2.45, 2.75) is 39.9 Å². The molecule has 0 aliphatic rings. The molecule has 0 saturated carbocycles. The van der Waals surface area contributed by atoms with Crippen LogP contribution >= 0.6 is 0 Å². The molecule has 0 saturated heterocycles. The van der Waals surface area contributed by atoms with Crippen LogP contribution in [0, 0.1) is 0 Å². The molecule has 0 aliphatic heterocycles. The maximum absolute atomic E-state index is 11.4. The first-order chi connectivity index (χ1) is 7.26. The normalized spacial score (nSPS) is 10.7. The van der Waals surface area contributed by atoms with Crippen LogP contribution < -0.4 is 5.48 Å². The van der Waals surface area contributed by atoms with Gasteiger partial charge in [-0.25, -0.2) is 5.48 Å². The molecular weight excluding hydrogens is 198 g/mol. The maximum Gasteiger partial charge on any atom is 0.300 e. The molecule has 0 aromatic heterocycles. The number of hydrogen-bond acceptors (Lipinski definition) is 4. The summed E-state index contributed by atoms with van der Waals surface area (Å²) in [5.41, 5.74) is 2.30. The Labute approximate surface area is 91.0 Å².